The van der Waals surface area contributed by atoms with Crippen molar-refractivity contribution in [3.8, 4) is 11.8 Å². The van der Waals surface area contributed by atoms with Crippen LogP contribution in [0.2, 0.25) is 0 Å². The van der Waals surface area contributed by atoms with Crippen molar-refractivity contribution in [2.24, 2.45) is 11.7 Å². The molecule has 0 amide bonds. The quantitative estimate of drug-likeness (QED) is 0.855. The van der Waals surface area contributed by atoms with E-state index in [1.165, 1.54) is 31.4 Å². The standard InChI is InChI=1S/C17H23FN2/c1-2-4-14-8-10-20(12-14)13-16-6-7-17(18)11-15(16)5-3-9-19/h6-7,11,14H,2,4,8-10,12-13,19H2,1H3. The van der Waals surface area contributed by atoms with Crippen LogP contribution in [0.1, 0.15) is 37.3 Å². The van der Waals surface area contributed by atoms with Crippen LogP contribution in [0.15, 0.2) is 18.2 Å². The van der Waals surface area contributed by atoms with Crippen LogP contribution in [-0.2, 0) is 6.54 Å². The molecule has 2 nitrogen and oxygen atoms in total. The fourth-order valence-electron chi connectivity index (χ4n) is 2.89. The van der Waals surface area contributed by atoms with Crippen LogP contribution in [0.5, 0.6) is 0 Å². The zero-order valence-electron chi connectivity index (χ0n) is 12.2. The second-order valence-electron chi connectivity index (χ2n) is 5.49. The molecule has 2 N–H and O–H groups in total. The Bertz CT molecular complexity index is 501. The van der Waals surface area contributed by atoms with E-state index in [4.69, 9.17) is 5.73 Å². The molecule has 20 heavy (non-hydrogen) atoms. The predicted octanol–water partition coefficient (Wildman–Crippen LogP) is 2.76. The van der Waals surface area contributed by atoms with Crippen molar-refractivity contribution < 1.29 is 4.39 Å². The van der Waals surface area contributed by atoms with Gasteiger partial charge in [0.2, 0.25) is 0 Å². The molecule has 1 atom stereocenters. The molecule has 3 heteroatoms. The summed E-state index contributed by atoms with van der Waals surface area (Å²) in [5, 5.41) is 0. The Kier molecular flexibility index (Phi) is 5.58. The molecule has 1 aliphatic heterocycles. The van der Waals surface area contributed by atoms with Gasteiger partial charge < -0.3 is 5.73 Å². The summed E-state index contributed by atoms with van der Waals surface area (Å²) in [6.07, 6.45) is 3.83. The number of nitrogens with zero attached hydrogens (tertiary/aromatic N) is 1. The van der Waals surface area contributed by atoms with Crippen LogP contribution in [0.25, 0.3) is 0 Å². The third kappa shape index (κ3) is 4.06. The van der Waals surface area contributed by atoms with Gasteiger partial charge >= 0.3 is 0 Å². The second-order valence-corrected chi connectivity index (χ2v) is 5.49. The average molecular weight is 274 g/mol. The highest BCUT2D eigenvalue weighted by Crippen LogP contribution is 2.23. The molecule has 1 aromatic rings. The Morgan fingerprint density at radius 1 is 1.45 bits per heavy atom. The Labute approximate surface area is 121 Å². The molecule has 0 spiro atoms. The molecule has 0 bridgehead atoms. The predicted molar refractivity (Wildman–Crippen MR) is 80.6 cm³/mol. The number of rotatable bonds is 4. The van der Waals surface area contributed by atoms with Crippen molar-refractivity contribution in [2.45, 2.75) is 32.7 Å². The van der Waals surface area contributed by atoms with Crippen molar-refractivity contribution in [3.05, 3.63) is 35.1 Å². The minimum Gasteiger partial charge on any atom is -0.320 e. The molecule has 0 saturated carbocycles. The molecule has 1 saturated heterocycles. The van der Waals surface area contributed by atoms with Gasteiger partial charge in [0.25, 0.3) is 0 Å². The second kappa shape index (κ2) is 7.42. The summed E-state index contributed by atoms with van der Waals surface area (Å²) in [4.78, 5) is 2.45. The normalized spacial score (nSPS) is 18.9. The van der Waals surface area contributed by atoms with E-state index in [1.807, 2.05) is 6.07 Å². The molecule has 2 rings (SSSR count). The summed E-state index contributed by atoms with van der Waals surface area (Å²) in [5.41, 5.74) is 7.28. The molecule has 108 valence electrons. The van der Waals surface area contributed by atoms with Crippen LogP contribution in [0.3, 0.4) is 0 Å². The van der Waals surface area contributed by atoms with Crippen molar-refractivity contribution in [3.63, 3.8) is 0 Å². The van der Waals surface area contributed by atoms with E-state index in [0.717, 1.165) is 36.7 Å². The fraction of sp³-hybridized carbons (Fsp3) is 0.529. The lowest BCUT2D eigenvalue weighted by molar-refractivity contribution is 0.312. The largest absolute Gasteiger partial charge is 0.320 e. The van der Waals surface area contributed by atoms with Crippen LogP contribution >= 0.6 is 0 Å². The molecular weight excluding hydrogens is 251 g/mol. The number of hydrogen-bond donors (Lipinski definition) is 1. The van der Waals surface area contributed by atoms with E-state index in [2.05, 4.69) is 23.7 Å². The third-order valence-corrected chi connectivity index (χ3v) is 3.86. The molecule has 1 aliphatic rings. The smallest absolute Gasteiger partial charge is 0.124 e. The Balaban J connectivity index is 2.06. The molecular formula is C17H23FN2. The highest BCUT2D eigenvalue weighted by Gasteiger charge is 2.22. The van der Waals surface area contributed by atoms with Crippen molar-refractivity contribution in [1.29, 1.82) is 0 Å². The van der Waals surface area contributed by atoms with Crippen LogP contribution in [0.4, 0.5) is 4.39 Å². The number of benzene rings is 1. The average Bonchev–Trinajstić information content (AvgIpc) is 2.87. The maximum atomic E-state index is 13.3. The SMILES string of the molecule is CCCC1CCN(Cc2ccc(F)cc2C#CCN)C1. The molecule has 1 aromatic carbocycles. The summed E-state index contributed by atoms with van der Waals surface area (Å²) >= 11 is 0. The third-order valence-electron chi connectivity index (χ3n) is 3.86. The zero-order chi connectivity index (χ0) is 14.4. The number of halogens is 1. The van der Waals surface area contributed by atoms with Gasteiger partial charge in [-0.25, -0.2) is 4.39 Å². The van der Waals surface area contributed by atoms with Gasteiger partial charge in [-0.05, 0) is 43.0 Å². The van der Waals surface area contributed by atoms with E-state index in [1.54, 1.807) is 0 Å². The minimum absolute atomic E-state index is 0.236. The fourth-order valence-corrected chi connectivity index (χ4v) is 2.89. The van der Waals surface area contributed by atoms with E-state index >= 15 is 0 Å². The van der Waals surface area contributed by atoms with Crippen LogP contribution in [0, 0.1) is 23.6 Å². The number of hydrogen-bond acceptors (Lipinski definition) is 2. The monoisotopic (exact) mass is 274 g/mol. The van der Waals surface area contributed by atoms with Gasteiger partial charge in [0.15, 0.2) is 0 Å². The number of nitrogens with two attached hydrogens (primary N) is 1. The molecule has 0 aliphatic carbocycles. The first-order chi connectivity index (χ1) is 9.72. The lowest BCUT2D eigenvalue weighted by Gasteiger charge is -2.17. The number of likely N-dealkylation sites (tertiary alicyclic amines) is 1. The molecule has 1 fully saturated rings. The first kappa shape index (κ1) is 15.0. The minimum atomic E-state index is -0.236. The highest BCUT2D eigenvalue weighted by atomic mass is 19.1. The molecule has 0 aromatic heterocycles. The van der Waals surface area contributed by atoms with Gasteiger partial charge in [-0.15, -0.1) is 0 Å². The summed E-state index contributed by atoms with van der Waals surface area (Å²) in [6.45, 7) is 5.68. The molecule has 1 heterocycles. The first-order valence-electron chi connectivity index (χ1n) is 7.42. The van der Waals surface area contributed by atoms with Gasteiger partial charge in [0.05, 0.1) is 6.54 Å². The Morgan fingerprint density at radius 2 is 2.30 bits per heavy atom. The lowest BCUT2D eigenvalue weighted by atomic mass is 10.0. The maximum absolute atomic E-state index is 13.3. The summed E-state index contributed by atoms with van der Waals surface area (Å²) < 4.78 is 13.3. The highest BCUT2D eigenvalue weighted by molar-refractivity contribution is 5.42. The summed E-state index contributed by atoms with van der Waals surface area (Å²) in [6, 6.07) is 4.88. The Hall–Kier alpha value is -1.37. The Morgan fingerprint density at radius 3 is 3.05 bits per heavy atom. The van der Waals surface area contributed by atoms with Crippen LogP contribution in [-0.4, -0.2) is 24.5 Å². The molecule has 0 radical (unpaired) electrons. The van der Waals surface area contributed by atoms with Crippen molar-refractivity contribution in [1.82, 2.24) is 4.90 Å². The van der Waals surface area contributed by atoms with E-state index in [9.17, 15) is 4.39 Å². The first-order valence-corrected chi connectivity index (χ1v) is 7.42. The van der Waals surface area contributed by atoms with Crippen molar-refractivity contribution in [2.75, 3.05) is 19.6 Å². The van der Waals surface area contributed by atoms with Crippen LogP contribution < -0.4 is 5.73 Å². The van der Waals surface area contributed by atoms with Crippen molar-refractivity contribution >= 4 is 0 Å². The van der Waals surface area contributed by atoms with E-state index in [0.29, 0.717) is 6.54 Å². The summed E-state index contributed by atoms with van der Waals surface area (Å²) in [7, 11) is 0. The van der Waals surface area contributed by atoms with Gasteiger partial charge in [-0.3, -0.25) is 4.90 Å². The van der Waals surface area contributed by atoms with Gasteiger partial charge in [-0.2, -0.15) is 0 Å². The zero-order valence-corrected chi connectivity index (χ0v) is 12.2. The lowest BCUT2D eigenvalue weighted by Crippen LogP contribution is -2.20. The maximum Gasteiger partial charge on any atom is 0.124 e. The topological polar surface area (TPSA) is 29.3 Å². The summed E-state index contributed by atoms with van der Waals surface area (Å²) in [5.74, 6) is 6.38. The molecule has 1 unspecified atom stereocenters. The van der Waals surface area contributed by atoms with Gasteiger partial charge in [0.1, 0.15) is 5.82 Å². The van der Waals surface area contributed by atoms with E-state index in [-0.39, 0.29) is 5.82 Å². The van der Waals surface area contributed by atoms with Gasteiger partial charge in [-0.1, -0.05) is 31.3 Å². The van der Waals surface area contributed by atoms with Gasteiger partial charge in [0, 0.05) is 18.7 Å². The van der Waals surface area contributed by atoms with E-state index < -0.39 is 0 Å².